The van der Waals surface area contributed by atoms with Crippen LogP contribution in [0.2, 0.25) is 0 Å². The molecule has 26 heavy (non-hydrogen) atoms. The molecule has 2 aromatic rings. The fourth-order valence-electron chi connectivity index (χ4n) is 2.64. The van der Waals surface area contributed by atoms with Crippen molar-refractivity contribution in [1.82, 2.24) is 5.32 Å². The monoisotopic (exact) mass is 383 g/mol. The molecule has 1 aliphatic heterocycles. The minimum Gasteiger partial charge on any atom is -0.489 e. The van der Waals surface area contributed by atoms with Crippen LogP contribution in [0.5, 0.6) is 5.75 Å². The average Bonchev–Trinajstić information content (AvgIpc) is 2.92. The summed E-state index contributed by atoms with van der Waals surface area (Å²) in [4.78, 5) is 12.3. The Morgan fingerprint density at radius 1 is 1.08 bits per heavy atom. The van der Waals surface area contributed by atoms with Crippen molar-refractivity contribution in [3.63, 3.8) is 0 Å². The van der Waals surface area contributed by atoms with Gasteiger partial charge in [-0.25, -0.2) is 0 Å². The van der Waals surface area contributed by atoms with E-state index >= 15 is 0 Å². The third kappa shape index (κ3) is 5.19. The summed E-state index contributed by atoms with van der Waals surface area (Å²) >= 11 is 6.28. The molecule has 0 unspecified atom stereocenters. The molecule has 0 radical (unpaired) electrons. The molecule has 0 spiro atoms. The molecule has 0 aromatic heterocycles. The summed E-state index contributed by atoms with van der Waals surface area (Å²) in [6.45, 7) is 4.99. The van der Waals surface area contributed by atoms with Gasteiger partial charge < -0.3 is 10.1 Å². The maximum atomic E-state index is 11.7. The topological polar surface area (TPSA) is 38.3 Å². The number of thiocarbonyl (C=S) groups is 1. The van der Waals surface area contributed by atoms with Gasteiger partial charge in [-0.1, -0.05) is 74.2 Å². The van der Waals surface area contributed by atoms with E-state index < -0.39 is 0 Å². The normalized spacial score (nSPS) is 15.6. The number of carbonyl (C=O) groups excluding carboxylic acids is 1. The zero-order chi connectivity index (χ0) is 18.5. The number of benzene rings is 2. The van der Waals surface area contributed by atoms with Crippen molar-refractivity contribution >= 4 is 40.3 Å². The van der Waals surface area contributed by atoms with Crippen molar-refractivity contribution in [2.45, 2.75) is 26.9 Å². The molecule has 1 amide bonds. The minimum atomic E-state index is -0.138. The van der Waals surface area contributed by atoms with Gasteiger partial charge in [0.15, 0.2) is 0 Å². The molecular formula is C21H21NO2S2. The summed E-state index contributed by atoms with van der Waals surface area (Å²) in [5.74, 6) is 1.33. The molecule has 2 aromatic carbocycles. The van der Waals surface area contributed by atoms with Crippen molar-refractivity contribution in [1.29, 1.82) is 0 Å². The molecular weight excluding hydrogens is 362 g/mol. The molecule has 3 rings (SSSR count). The van der Waals surface area contributed by atoms with E-state index in [9.17, 15) is 4.79 Å². The summed E-state index contributed by atoms with van der Waals surface area (Å²) < 4.78 is 6.35. The van der Waals surface area contributed by atoms with Crippen molar-refractivity contribution in [3.8, 4) is 5.75 Å². The highest BCUT2D eigenvalue weighted by atomic mass is 32.2. The second-order valence-corrected chi connectivity index (χ2v) is 8.34. The third-order valence-electron chi connectivity index (χ3n) is 3.89. The highest BCUT2D eigenvalue weighted by molar-refractivity contribution is 8.26. The number of amides is 1. The molecule has 1 fully saturated rings. The molecule has 3 nitrogen and oxygen atoms in total. The lowest BCUT2D eigenvalue weighted by molar-refractivity contribution is -0.115. The number of thioether (sulfide) groups is 1. The Balaban J connectivity index is 1.57. The minimum absolute atomic E-state index is 0.138. The SMILES string of the molecule is CC(C)Cc1ccc(COc2ccc(/C=C3\SC(=S)NC3=O)cc2)cc1. The first-order valence-corrected chi connectivity index (χ1v) is 9.77. The summed E-state index contributed by atoms with van der Waals surface area (Å²) in [6.07, 6.45) is 2.93. The molecule has 0 saturated carbocycles. The Morgan fingerprint density at radius 2 is 1.73 bits per heavy atom. The van der Waals surface area contributed by atoms with Crippen LogP contribution in [0.1, 0.15) is 30.5 Å². The van der Waals surface area contributed by atoms with Gasteiger partial charge in [-0.05, 0) is 47.2 Å². The highest BCUT2D eigenvalue weighted by Crippen LogP contribution is 2.26. The van der Waals surface area contributed by atoms with Gasteiger partial charge in [0.05, 0.1) is 4.91 Å². The number of nitrogens with one attached hydrogen (secondary N) is 1. The largest absolute Gasteiger partial charge is 0.489 e. The van der Waals surface area contributed by atoms with E-state index in [4.69, 9.17) is 17.0 Å². The molecule has 5 heteroatoms. The zero-order valence-electron chi connectivity index (χ0n) is 14.8. The van der Waals surface area contributed by atoms with Crippen LogP contribution in [0.3, 0.4) is 0 Å². The van der Waals surface area contributed by atoms with Gasteiger partial charge in [0.25, 0.3) is 5.91 Å². The van der Waals surface area contributed by atoms with Crippen LogP contribution in [0.4, 0.5) is 0 Å². The first-order chi connectivity index (χ1) is 12.5. The molecule has 1 saturated heterocycles. The molecule has 1 aliphatic rings. The van der Waals surface area contributed by atoms with E-state index in [0.717, 1.165) is 23.3 Å². The molecule has 0 bridgehead atoms. The summed E-state index contributed by atoms with van der Waals surface area (Å²) in [5, 5.41) is 2.61. The third-order valence-corrected chi connectivity index (χ3v) is 5.06. The van der Waals surface area contributed by atoms with Crippen molar-refractivity contribution in [3.05, 3.63) is 70.1 Å². The van der Waals surface area contributed by atoms with Gasteiger partial charge in [0, 0.05) is 0 Å². The van der Waals surface area contributed by atoms with E-state index in [1.807, 2.05) is 30.3 Å². The maximum absolute atomic E-state index is 11.7. The standard InChI is InChI=1S/C21H21NO2S2/c1-14(2)11-15-3-5-17(6-4-15)13-24-18-9-7-16(8-10-18)12-19-20(23)22-21(25)26-19/h3-10,12,14H,11,13H2,1-2H3,(H,22,23,25)/b19-12-. The molecule has 134 valence electrons. The van der Waals surface area contributed by atoms with Gasteiger partial charge in [-0.3, -0.25) is 4.79 Å². The zero-order valence-corrected chi connectivity index (χ0v) is 16.5. The Bertz CT molecular complexity index is 824. The molecule has 1 N–H and O–H groups in total. The number of hydrogen-bond acceptors (Lipinski definition) is 4. The summed E-state index contributed by atoms with van der Waals surface area (Å²) in [5.41, 5.74) is 3.45. The smallest absolute Gasteiger partial charge is 0.263 e. The summed E-state index contributed by atoms with van der Waals surface area (Å²) in [6, 6.07) is 16.3. The van der Waals surface area contributed by atoms with Crippen molar-refractivity contribution in [2.24, 2.45) is 5.92 Å². The predicted molar refractivity (Wildman–Crippen MR) is 112 cm³/mol. The van der Waals surface area contributed by atoms with Gasteiger partial charge in [0.2, 0.25) is 0 Å². The lowest BCUT2D eigenvalue weighted by Gasteiger charge is -2.09. The van der Waals surface area contributed by atoms with Crippen molar-refractivity contribution in [2.75, 3.05) is 0 Å². The average molecular weight is 384 g/mol. The molecule has 0 atom stereocenters. The maximum Gasteiger partial charge on any atom is 0.263 e. The van der Waals surface area contributed by atoms with E-state index in [1.165, 1.54) is 17.3 Å². The van der Waals surface area contributed by atoms with Gasteiger partial charge >= 0.3 is 0 Å². The lowest BCUT2D eigenvalue weighted by Crippen LogP contribution is -2.17. The number of rotatable bonds is 6. The van der Waals surface area contributed by atoms with E-state index in [1.54, 1.807) is 0 Å². The second-order valence-electron chi connectivity index (χ2n) is 6.62. The Labute approximate surface area is 163 Å². The first kappa shape index (κ1) is 18.7. The van der Waals surface area contributed by atoms with Crippen molar-refractivity contribution < 1.29 is 9.53 Å². The van der Waals surface area contributed by atoms with Gasteiger partial charge in [0.1, 0.15) is 16.7 Å². The van der Waals surface area contributed by atoms with Crippen LogP contribution in [-0.4, -0.2) is 10.2 Å². The molecule has 0 aliphatic carbocycles. The Kier molecular flexibility index (Phi) is 6.12. The quantitative estimate of drug-likeness (QED) is 0.566. The van der Waals surface area contributed by atoms with E-state index in [2.05, 4.69) is 43.4 Å². The van der Waals surface area contributed by atoms with Crippen LogP contribution in [-0.2, 0) is 17.8 Å². The van der Waals surface area contributed by atoms with Crippen LogP contribution in [0.15, 0.2) is 53.4 Å². The second kappa shape index (κ2) is 8.52. The Morgan fingerprint density at radius 3 is 2.31 bits per heavy atom. The fourth-order valence-corrected chi connectivity index (χ4v) is 3.69. The van der Waals surface area contributed by atoms with Crippen LogP contribution >= 0.6 is 24.0 Å². The number of hydrogen-bond donors (Lipinski definition) is 1. The molecule has 1 heterocycles. The first-order valence-electron chi connectivity index (χ1n) is 8.55. The van der Waals surface area contributed by atoms with Crippen LogP contribution in [0.25, 0.3) is 6.08 Å². The van der Waals surface area contributed by atoms with Crippen LogP contribution in [0, 0.1) is 5.92 Å². The lowest BCUT2D eigenvalue weighted by atomic mass is 10.0. The highest BCUT2D eigenvalue weighted by Gasteiger charge is 2.21. The summed E-state index contributed by atoms with van der Waals surface area (Å²) in [7, 11) is 0. The van der Waals surface area contributed by atoms with Gasteiger partial charge in [-0.15, -0.1) is 0 Å². The van der Waals surface area contributed by atoms with Gasteiger partial charge in [-0.2, -0.15) is 0 Å². The van der Waals surface area contributed by atoms with E-state index in [0.29, 0.717) is 21.8 Å². The van der Waals surface area contributed by atoms with E-state index in [-0.39, 0.29) is 5.91 Å². The fraction of sp³-hybridized carbons (Fsp3) is 0.238. The van der Waals surface area contributed by atoms with Crippen LogP contribution < -0.4 is 10.1 Å². The predicted octanol–water partition coefficient (Wildman–Crippen LogP) is 4.95. The number of ether oxygens (including phenoxy) is 1. The number of carbonyl (C=O) groups is 1. The Hall–Kier alpha value is -2.11.